The highest BCUT2D eigenvalue weighted by Gasteiger charge is 2.27. The fraction of sp³-hybridized carbons (Fsp3) is 0.320. The van der Waals surface area contributed by atoms with Crippen molar-refractivity contribution in [3.8, 4) is 0 Å². The number of hydrogen-bond donors (Lipinski definition) is 1. The minimum atomic E-state index is -0.315. The Balaban J connectivity index is 1.33. The van der Waals surface area contributed by atoms with Gasteiger partial charge in [-0.05, 0) is 42.5 Å². The van der Waals surface area contributed by atoms with E-state index in [0.29, 0.717) is 36.0 Å². The number of likely N-dealkylation sites (tertiary alicyclic amines) is 1. The molecule has 9 heteroatoms. The quantitative estimate of drug-likeness (QED) is 0.459. The number of amides is 1. The molecule has 0 spiro atoms. The first-order chi connectivity index (χ1) is 16.6. The number of fused-ring (bicyclic) bond motifs is 1. The third-order valence-electron chi connectivity index (χ3n) is 6.24. The molecule has 3 heterocycles. The van der Waals surface area contributed by atoms with Crippen molar-refractivity contribution in [2.24, 2.45) is 0 Å². The topological polar surface area (TPSA) is 96.8 Å². The van der Waals surface area contributed by atoms with E-state index in [4.69, 9.17) is 16.6 Å². The minimum Gasteiger partial charge on any atom is -0.342 e. The number of aromatic nitrogens is 5. The smallest absolute Gasteiger partial charge is 0.281 e. The molecule has 0 saturated carbocycles. The van der Waals surface area contributed by atoms with Crippen molar-refractivity contribution >= 4 is 28.7 Å². The number of benzene rings is 2. The van der Waals surface area contributed by atoms with Crippen LogP contribution in [0.1, 0.15) is 42.1 Å². The summed E-state index contributed by atoms with van der Waals surface area (Å²) in [6, 6.07) is 17.5. The van der Waals surface area contributed by atoms with Gasteiger partial charge in [0, 0.05) is 30.5 Å². The minimum absolute atomic E-state index is 0.0407. The Morgan fingerprint density at radius 2 is 1.94 bits per heavy atom. The normalized spacial score (nSPS) is 16.1. The molecule has 1 atom stereocenters. The Labute approximate surface area is 201 Å². The monoisotopic (exact) mass is 476 g/mol. The number of rotatable bonds is 6. The van der Waals surface area contributed by atoms with Crippen LogP contribution in [0, 0.1) is 0 Å². The van der Waals surface area contributed by atoms with Crippen LogP contribution in [-0.4, -0.2) is 48.9 Å². The van der Waals surface area contributed by atoms with Crippen molar-refractivity contribution in [1.29, 1.82) is 0 Å². The Kier molecular flexibility index (Phi) is 6.40. The molecule has 1 amide bonds. The first-order valence-corrected chi connectivity index (χ1v) is 11.8. The molecule has 0 unspecified atom stereocenters. The second-order valence-electron chi connectivity index (χ2n) is 8.66. The van der Waals surface area contributed by atoms with E-state index in [1.54, 1.807) is 4.68 Å². The molecule has 1 N–H and O–H groups in total. The lowest BCUT2D eigenvalue weighted by atomic mass is 9.96. The van der Waals surface area contributed by atoms with E-state index in [1.807, 2.05) is 59.5 Å². The van der Waals surface area contributed by atoms with Crippen LogP contribution < -0.4 is 5.56 Å². The van der Waals surface area contributed by atoms with Gasteiger partial charge in [0.05, 0.1) is 6.54 Å². The third-order valence-corrected chi connectivity index (χ3v) is 6.48. The van der Waals surface area contributed by atoms with Crippen LogP contribution in [-0.2, 0) is 17.8 Å². The Hall–Kier alpha value is -3.52. The average Bonchev–Trinajstić information content (AvgIpc) is 3.26. The third kappa shape index (κ3) is 4.87. The van der Waals surface area contributed by atoms with Crippen LogP contribution in [0.25, 0.3) is 11.2 Å². The molecular weight excluding hydrogens is 452 g/mol. The molecular formula is C25H25ClN6O2. The fourth-order valence-electron chi connectivity index (χ4n) is 4.47. The molecule has 34 heavy (non-hydrogen) atoms. The van der Waals surface area contributed by atoms with Gasteiger partial charge in [-0.2, -0.15) is 0 Å². The van der Waals surface area contributed by atoms with E-state index in [1.165, 1.54) is 0 Å². The second-order valence-corrected chi connectivity index (χ2v) is 9.10. The lowest BCUT2D eigenvalue weighted by molar-refractivity contribution is -0.132. The molecule has 8 nitrogen and oxygen atoms in total. The summed E-state index contributed by atoms with van der Waals surface area (Å²) in [5.74, 6) is 0.665. The summed E-state index contributed by atoms with van der Waals surface area (Å²) < 4.78 is 1.62. The number of carbonyl (C=O) groups excluding carboxylic acids is 1. The van der Waals surface area contributed by atoms with Crippen LogP contribution in [0.3, 0.4) is 0 Å². The van der Waals surface area contributed by atoms with Gasteiger partial charge in [0.1, 0.15) is 5.82 Å². The number of halogens is 1. The maximum absolute atomic E-state index is 12.9. The van der Waals surface area contributed by atoms with E-state index in [9.17, 15) is 9.59 Å². The summed E-state index contributed by atoms with van der Waals surface area (Å²) in [4.78, 5) is 35.1. The zero-order valence-corrected chi connectivity index (χ0v) is 19.4. The van der Waals surface area contributed by atoms with Crippen molar-refractivity contribution in [1.82, 2.24) is 29.9 Å². The molecule has 1 aliphatic rings. The number of piperidine rings is 1. The van der Waals surface area contributed by atoms with Gasteiger partial charge in [-0.15, -0.1) is 5.10 Å². The van der Waals surface area contributed by atoms with Gasteiger partial charge in [0.2, 0.25) is 5.91 Å². The molecule has 0 radical (unpaired) electrons. The Bertz CT molecular complexity index is 1370. The van der Waals surface area contributed by atoms with Crippen molar-refractivity contribution in [2.45, 2.75) is 38.1 Å². The molecule has 1 fully saturated rings. The molecule has 4 aromatic rings. The number of carbonyl (C=O) groups is 1. The van der Waals surface area contributed by atoms with E-state index in [0.717, 1.165) is 36.9 Å². The lowest BCUT2D eigenvalue weighted by Gasteiger charge is -2.32. The van der Waals surface area contributed by atoms with E-state index < -0.39 is 0 Å². The van der Waals surface area contributed by atoms with Crippen LogP contribution >= 0.6 is 11.6 Å². The van der Waals surface area contributed by atoms with Gasteiger partial charge in [0.25, 0.3) is 5.56 Å². The van der Waals surface area contributed by atoms with Gasteiger partial charge in [-0.1, -0.05) is 59.3 Å². The second kappa shape index (κ2) is 9.77. The number of aryl methyl sites for hydroxylation is 1. The number of nitrogens with zero attached hydrogens (tertiary/aromatic N) is 5. The van der Waals surface area contributed by atoms with E-state index >= 15 is 0 Å². The summed E-state index contributed by atoms with van der Waals surface area (Å²) in [6.07, 6.45) is 2.91. The van der Waals surface area contributed by atoms with Crippen molar-refractivity contribution in [3.63, 3.8) is 0 Å². The molecule has 1 aliphatic heterocycles. The number of nitrogens with one attached hydrogen (secondary N) is 1. The summed E-state index contributed by atoms with van der Waals surface area (Å²) >= 11 is 6.10. The molecule has 2 aromatic carbocycles. The van der Waals surface area contributed by atoms with Gasteiger partial charge in [-0.25, -0.2) is 9.67 Å². The highest BCUT2D eigenvalue weighted by molar-refractivity contribution is 6.30. The Morgan fingerprint density at radius 3 is 2.76 bits per heavy atom. The maximum atomic E-state index is 12.9. The maximum Gasteiger partial charge on any atom is 0.281 e. The predicted molar refractivity (Wildman–Crippen MR) is 130 cm³/mol. The van der Waals surface area contributed by atoms with Crippen LogP contribution in [0.2, 0.25) is 5.02 Å². The SMILES string of the molecule is O=C(CCc1ccccc1)N1CCC[C@@H](c2nc3c(nnn3Cc3cccc(Cl)c3)c(=O)[nH]2)C1. The van der Waals surface area contributed by atoms with Crippen molar-refractivity contribution < 1.29 is 4.79 Å². The molecule has 0 bridgehead atoms. The lowest BCUT2D eigenvalue weighted by Crippen LogP contribution is -2.40. The summed E-state index contributed by atoms with van der Waals surface area (Å²) in [5, 5.41) is 8.80. The Morgan fingerprint density at radius 1 is 1.12 bits per heavy atom. The summed E-state index contributed by atoms with van der Waals surface area (Å²) in [7, 11) is 0. The number of hydrogen-bond acceptors (Lipinski definition) is 5. The summed E-state index contributed by atoms with van der Waals surface area (Å²) in [5.41, 5.74) is 2.42. The fourth-order valence-corrected chi connectivity index (χ4v) is 4.69. The van der Waals surface area contributed by atoms with E-state index in [-0.39, 0.29) is 22.9 Å². The molecule has 1 saturated heterocycles. The first kappa shape index (κ1) is 22.3. The highest BCUT2D eigenvalue weighted by Crippen LogP contribution is 2.25. The number of H-pyrrole nitrogens is 1. The van der Waals surface area contributed by atoms with Gasteiger partial charge >= 0.3 is 0 Å². The van der Waals surface area contributed by atoms with Crippen LogP contribution in [0.5, 0.6) is 0 Å². The standard InChI is InChI=1S/C25H25ClN6O2/c26-20-10-4-8-18(14-20)15-32-24-22(29-30-32)25(34)28-23(27-24)19-9-5-13-31(16-19)21(33)12-11-17-6-2-1-3-7-17/h1-4,6-8,10,14,19H,5,9,11-13,15-16H2,(H,27,28,34)/t19-/m1/s1. The predicted octanol–water partition coefficient (Wildman–Crippen LogP) is 3.56. The summed E-state index contributed by atoms with van der Waals surface area (Å²) in [6.45, 7) is 1.67. The zero-order valence-electron chi connectivity index (χ0n) is 18.7. The largest absolute Gasteiger partial charge is 0.342 e. The van der Waals surface area contributed by atoms with Crippen LogP contribution in [0.15, 0.2) is 59.4 Å². The highest BCUT2D eigenvalue weighted by atomic mass is 35.5. The first-order valence-electron chi connectivity index (χ1n) is 11.5. The molecule has 0 aliphatic carbocycles. The molecule has 174 valence electrons. The van der Waals surface area contributed by atoms with Gasteiger partial charge < -0.3 is 9.88 Å². The van der Waals surface area contributed by atoms with Crippen LogP contribution in [0.4, 0.5) is 0 Å². The van der Waals surface area contributed by atoms with Crippen molar-refractivity contribution in [3.05, 3.63) is 86.9 Å². The molecule has 2 aromatic heterocycles. The van der Waals surface area contributed by atoms with Gasteiger partial charge in [-0.3, -0.25) is 9.59 Å². The van der Waals surface area contributed by atoms with E-state index in [2.05, 4.69) is 15.3 Å². The van der Waals surface area contributed by atoms with Gasteiger partial charge in [0.15, 0.2) is 11.2 Å². The number of aromatic amines is 1. The average molecular weight is 477 g/mol. The molecule has 5 rings (SSSR count). The van der Waals surface area contributed by atoms with Crippen molar-refractivity contribution in [2.75, 3.05) is 13.1 Å². The zero-order chi connectivity index (χ0) is 23.5.